The minimum Gasteiger partial charge on any atom is -0.333 e. The Balaban J connectivity index is 0.00000288. The number of hydrogen-bond donors (Lipinski definition) is 4. The molecule has 5 N–H and O–H groups in total. The number of hydrazine groups is 1. The molecule has 9 heteroatoms. The van der Waals surface area contributed by atoms with Crippen molar-refractivity contribution < 1.29 is 9.59 Å². The summed E-state index contributed by atoms with van der Waals surface area (Å²) in [6, 6.07) is 7.56. The largest absolute Gasteiger partial charge is 0.333 e. The van der Waals surface area contributed by atoms with Crippen molar-refractivity contribution in [1.29, 1.82) is 0 Å². The zero-order valence-corrected chi connectivity index (χ0v) is 14.8. The molecule has 7 nitrogen and oxygen atoms in total. The second-order valence-corrected chi connectivity index (χ2v) is 5.83. The average Bonchev–Trinajstić information content (AvgIpc) is 2.97. The highest BCUT2D eigenvalue weighted by Crippen LogP contribution is 2.17. The van der Waals surface area contributed by atoms with E-state index < -0.39 is 6.03 Å². The summed E-state index contributed by atoms with van der Waals surface area (Å²) in [6.07, 6.45) is 1.62. The first-order valence-electron chi connectivity index (χ1n) is 7.11. The summed E-state index contributed by atoms with van der Waals surface area (Å²) >= 11 is 1.42. The molecule has 0 bridgehead atoms. The summed E-state index contributed by atoms with van der Waals surface area (Å²) in [6.45, 7) is 1.88. The lowest BCUT2D eigenvalue weighted by atomic mass is 10.1. The van der Waals surface area contributed by atoms with Crippen molar-refractivity contribution >= 4 is 40.8 Å². The highest BCUT2D eigenvalue weighted by Gasteiger charge is 2.05. The van der Waals surface area contributed by atoms with E-state index >= 15 is 0 Å². The van der Waals surface area contributed by atoms with E-state index in [0.29, 0.717) is 11.7 Å². The smallest absolute Gasteiger partial charge is 0.329 e. The van der Waals surface area contributed by atoms with Crippen LogP contribution in [0.3, 0.4) is 0 Å². The van der Waals surface area contributed by atoms with E-state index in [1.165, 1.54) is 18.3 Å². The average molecular weight is 370 g/mol. The number of hydrogen-bond acceptors (Lipinski definition) is 5. The summed E-state index contributed by atoms with van der Waals surface area (Å²) < 4.78 is 0. The molecule has 1 aromatic carbocycles. The number of benzene rings is 1. The summed E-state index contributed by atoms with van der Waals surface area (Å²) in [5, 5.41) is 7.89. The van der Waals surface area contributed by atoms with E-state index in [0.717, 1.165) is 29.7 Å². The Hall–Kier alpha value is -2.16. The molecule has 24 heavy (non-hydrogen) atoms. The zero-order chi connectivity index (χ0) is 16.7. The van der Waals surface area contributed by atoms with Gasteiger partial charge in [-0.2, -0.15) is 0 Å². The number of anilines is 1. The van der Waals surface area contributed by atoms with Crippen molar-refractivity contribution in [2.24, 2.45) is 5.84 Å². The van der Waals surface area contributed by atoms with Gasteiger partial charge in [0.1, 0.15) is 0 Å². The lowest BCUT2D eigenvalue weighted by Gasteiger charge is -2.06. The molecule has 0 saturated heterocycles. The van der Waals surface area contributed by atoms with Gasteiger partial charge in [-0.25, -0.2) is 15.6 Å². The number of urea groups is 1. The molecule has 2 aromatic rings. The van der Waals surface area contributed by atoms with Crippen molar-refractivity contribution in [2.45, 2.75) is 26.3 Å². The lowest BCUT2D eigenvalue weighted by molar-refractivity contribution is -0.114. The summed E-state index contributed by atoms with van der Waals surface area (Å²) in [5.41, 5.74) is 5.14. The standard InChI is InChI=1S/C15H19N5O2S.ClH/c1-10(21)18-15-19-13(9-23-15)6-5-11-3-2-4-12(7-11)8-17-14(22)20-16;/h2-4,7,9H,5-6,8,16H2,1H3,(H2,17,20,22)(H,18,19,21);1H. The SMILES string of the molecule is CC(=O)Nc1nc(CCc2cccc(CNC(=O)NN)c2)cs1.Cl. The number of nitrogens with one attached hydrogen (secondary N) is 3. The lowest BCUT2D eigenvalue weighted by Crippen LogP contribution is -2.39. The predicted octanol–water partition coefficient (Wildman–Crippen LogP) is 1.98. The number of amides is 3. The highest BCUT2D eigenvalue weighted by molar-refractivity contribution is 7.13. The van der Waals surface area contributed by atoms with Crippen LogP contribution in [0.2, 0.25) is 0 Å². The number of rotatable bonds is 6. The Morgan fingerprint density at radius 1 is 1.25 bits per heavy atom. The van der Waals surface area contributed by atoms with E-state index in [4.69, 9.17) is 5.84 Å². The molecular weight excluding hydrogens is 350 g/mol. The van der Waals surface area contributed by atoms with Crippen molar-refractivity contribution in [3.8, 4) is 0 Å². The number of aryl methyl sites for hydroxylation is 2. The van der Waals surface area contributed by atoms with Gasteiger partial charge < -0.3 is 10.6 Å². The number of nitrogens with two attached hydrogens (primary N) is 1. The van der Waals surface area contributed by atoms with Crippen LogP contribution >= 0.6 is 23.7 Å². The van der Waals surface area contributed by atoms with Gasteiger partial charge in [-0.15, -0.1) is 23.7 Å². The van der Waals surface area contributed by atoms with Crippen molar-refractivity contribution in [3.05, 3.63) is 46.5 Å². The molecule has 0 unspecified atom stereocenters. The Labute approximate surface area is 150 Å². The van der Waals surface area contributed by atoms with Crippen LogP contribution < -0.4 is 21.9 Å². The molecular formula is C15H20ClN5O2S. The molecule has 1 heterocycles. The zero-order valence-electron chi connectivity index (χ0n) is 13.2. The molecule has 0 radical (unpaired) electrons. The molecule has 0 aliphatic rings. The molecule has 0 aliphatic heterocycles. The van der Waals surface area contributed by atoms with Crippen LogP contribution in [0.4, 0.5) is 9.93 Å². The van der Waals surface area contributed by atoms with Crippen molar-refractivity contribution in [3.63, 3.8) is 0 Å². The van der Waals surface area contributed by atoms with Crippen LogP contribution in [-0.2, 0) is 24.2 Å². The summed E-state index contributed by atoms with van der Waals surface area (Å²) in [5.74, 6) is 4.90. The van der Waals surface area contributed by atoms with Crippen LogP contribution in [-0.4, -0.2) is 16.9 Å². The summed E-state index contributed by atoms with van der Waals surface area (Å²) in [4.78, 5) is 26.4. The van der Waals surface area contributed by atoms with Crippen molar-refractivity contribution in [2.75, 3.05) is 5.32 Å². The van der Waals surface area contributed by atoms with E-state index in [9.17, 15) is 9.59 Å². The molecule has 3 amide bonds. The maximum Gasteiger partial charge on any atom is 0.329 e. The fourth-order valence-electron chi connectivity index (χ4n) is 2.03. The molecule has 1 aromatic heterocycles. The molecule has 0 aliphatic carbocycles. The van der Waals surface area contributed by atoms with Gasteiger partial charge in [0.2, 0.25) is 5.91 Å². The molecule has 0 saturated carbocycles. The quantitative estimate of drug-likeness (QED) is 0.354. The van der Waals surface area contributed by atoms with Crippen LogP contribution in [0.1, 0.15) is 23.7 Å². The third-order valence-corrected chi connectivity index (χ3v) is 3.89. The van der Waals surface area contributed by atoms with Crippen LogP contribution in [0.15, 0.2) is 29.6 Å². The van der Waals surface area contributed by atoms with Gasteiger partial charge >= 0.3 is 6.03 Å². The predicted molar refractivity (Wildman–Crippen MR) is 97.1 cm³/mol. The van der Waals surface area contributed by atoms with E-state index in [1.807, 2.05) is 35.1 Å². The molecule has 0 atom stereocenters. The van der Waals surface area contributed by atoms with Gasteiger partial charge in [-0.1, -0.05) is 24.3 Å². The van der Waals surface area contributed by atoms with Gasteiger partial charge in [0, 0.05) is 18.8 Å². The first-order chi connectivity index (χ1) is 11.1. The maximum absolute atomic E-state index is 11.1. The number of nitrogens with zero attached hydrogens (tertiary/aromatic N) is 1. The maximum atomic E-state index is 11.1. The fraction of sp³-hybridized carbons (Fsp3) is 0.267. The van der Waals surface area contributed by atoms with Gasteiger partial charge in [-0.05, 0) is 24.0 Å². The number of thiazole rings is 1. The highest BCUT2D eigenvalue weighted by atomic mass is 35.5. The van der Waals surface area contributed by atoms with E-state index in [2.05, 4.69) is 15.6 Å². The second-order valence-electron chi connectivity index (χ2n) is 4.97. The first-order valence-corrected chi connectivity index (χ1v) is 7.99. The van der Waals surface area contributed by atoms with E-state index in [-0.39, 0.29) is 18.3 Å². The number of aromatic nitrogens is 1. The first kappa shape index (κ1) is 19.9. The Morgan fingerprint density at radius 2 is 2.00 bits per heavy atom. The minimum absolute atomic E-state index is 0. The number of halogens is 1. The van der Waals surface area contributed by atoms with E-state index in [1.54, 1.807) is 0 Å². The Morgan fingerprint density at radius 3 is 2.71 bits per heavy atom. The van der Waals surface area contributed by atoms with Gasteiger partial charge in [0.05, 0.1) is 5.69 Å². The number of carbonyl (C=O) groups excluding carboxylic acids is 2. The molecule has 0 fully saturated rings. The van der Waals surface area contributed by atoms with Gasteiger partial charge in [-0.3, -0.25) is 10.2 Å². The number of carbonyl (C=O) groups is 2. The summed E-state index contributed by atoms with van der Waals surface area (Å²) in [7, 11) is 0. The monoisotopic (exact) mass is 369 g/mol. The third-order valence-electron chi connectivity index (χ3n) is 3.08. The topological polar surface area (TPSA) is 109 Å². The van der Waals surface area contributed by atoms with Crippen LogP contribution in [0.25, 0.3) is 0 Å². The van der Waals surface area contributed by atoms with Crippen LogP contribution in [0, 0.1) is 0 Å². The van der Waals surface area contributed by atoms with Crippen molar-refractivity contribution in [1.82, 2.24) is 15.7 Å². The second kappa shape index (κ2) is 9.86. The molecule has 2 rings (SSSR count). The fourth-order valence-corrected chi connectivity index (χ4v) is 2.82. The van der Waals surface area contributed by atoms with Gasteiger partial charge in [0.25, 0.3) is 0 Å². The molecule has 130 valence electrons. The minimum atomic E-state index is -0.414. The van der Waals surface area contributed by atoms with Crippen LogP contribution in [0.5, 0.6) is 0 Å². The third kappa shape index (κ3) is 6.53. The Kier molecular flexibility index (Phi) is 8.17. The molecule has 0 spiro atoms. The Bertz CT molecular complexity index is 692. The normalized spacial score (nSPS) is 9.75. The van der Waals surface area contributed by atoms with Gasteiger partial charge in [0.15, 0.2) is 5.13 Å².